The molecule has 26 heavy (non-hydrogen) atoms. The van der Waals surface area contributed by atoms with E-state index in [0.29, 0.717) is 29.3 Å². The third kappa shape index (κ3) is 3.95. The molecule has 0 saturated carbocycles. The van der Waals surface area contributed by atoms with Gasteiger partial charge in [-0.1, -0.05) is 41.6 Å². The lowest BCUT2D eigenvalue weighted by Gasteiger charge is -2.13. The SMILES string of the molecule is Cc1ccc(C#N)cc1C(=O)NC(C)Cc1nc(-c2ccccc2)no1. The van der Waals surface area contributed by atoms with E-state index in [4.69, 9.17) is 9.78 Å². The second-order valence-electron chi connectivity index (χ2n) is 6.10. The van der Waals surface area contributed by atoms with Crippen LogP contribution in [0, 0.1) is 18.3 Å². The minimum Gasteiger partial charge on any atom is -0.349 e. The molecule has 1 aromatic heterocycles. The lowest BCUT2D eigenvalue weighted by molar-refractivity contribution is 0.0938. The quantitative estimate of drug-likeness (QED) is 0.765. The van der Waals surface area contributed by atoms with E-state index < -0.39 is 0 Å². The number of benzene rings is 2. The molecule has 0 radical (unpaired) electrons. The van der Waals surface area contributed by atoms with Gasteiger partial charge in [-0.05, 0) is 31.5 Å². The van der Waals surface area contributed by atoms with Crippen LogP contribution >= 0.6 is 0 Å². The fourth-order valence-corrected chi connectivity index (χ4v) is 2.59. The van der Waals surface area contributed by atoms with Crippen molar-refractivity contribution in [1.29, 1.82) is 5.26 Å². The van der Waals surface area contributed by atoms with Gasteiger partial charge in [0.25, 0.3) is 5.91 Å². The van der Waals surface area contributed by atoms with E-state index in [2.05, 4.69) is 15.5 Å². The van der Waals surface area contributed by atoms with E-state index in [-0.39, 0.29) is 11.9 Å². The highest BCUT2D eigenvalue weighted by atomic mass is 16.5. The summed E-state index contributed by atoms with van der Waals surface area (Å²) in [7, 11) is 0. The zero-order chi connectivity index (χ0) is 18.5. The van der Waals surface area contributed by atoms with Crippen LogP contribution in [0.4, 0.5) is 0 Å². The highest BCUT2D eigenvalue weighted by molar-refractivity contribution is 5.96. The van der Waals surface area contributed by atoms with Gasteiger partial charge in [-0.15, -0.1) is 0 Å². The average molecular weight is 346 g/mol. The molecule has 0 fully saturated rings. The van der Waals surface area contributed by atoms with Crippen molar-refractivity contribution in [3.8, 4) is 17.5 Å². The van der Waals surface area contributed by atoms with Crippen molar-refractivity contribution < 1.29 is 9.32 Å². The summed E-state index contributed by atoms with van der Waals surface area (Å²) in [5.74, 6) is 0.755. The van der Waals surface area contributed by atoms with Crippen molar-refractivity contribution in [2.45, 2.75) is 26.3 Å². The van der Waals surface area contributed by atoms with Crippen LogP contribution in [0.2, 0.25) is 0 Å². The summed E-state index contributed by atoms with van der Waals surface area (Å²) in [6, 6.07) is 16.5. The van der Waals surface area contributed by atoms with E-state index >= 15 is 0 Å². The van der Waals surface area contributed by atoms with Crippen LogP contribution in [-0.4, -0.2) is 22.1 Å². The Hall–Kier alpha value is -3.46. The highest BCUT2D eigenvalue weighted by Crippen LogP contribution is 2.16. The number of nitrogens with one attached hydrogen (secondary N) is 1. The van der Waals surface area contributed by atoms with Crippen molar-refractivity contribution in [3.63, 3.8) is 0 Å². The van der Waals surface area contributed by atoms with E-state index in [1.54, 1.807) is 18.2 Å². The molecule has 1 unspecified atom stereocenters. The molecule has 130 valence electrons. The Balaban J connectivity index is 1.66. The summed E-state index contributed by atoms with van der Waals surface area (Å²) in [6.07, 6.45) is 0.419. The van der Waals surface area contributed by atoms with Gasteiger partial charge in [0.15, 0.2) is 0 Å². The predicted molar refractivity (Wildman–Crippen MR) is 96.3 cm³/mol. The van der Waals surface area contributed by atoms with Gasteiger partial charge in [-0.3, -0.25) is 4.79 Å². The van der Waals surface area contributed by atoms with Crippen LogP contribution in [0.25, 0.3) is 11.4 Å². The Labute approximate surface area is 151 Å². The minimum atomic E-state index is -0.227. The number of carbonyl (C=O) groups is 1. The molecule has 0 aliphatic heterocycles. The molecule has 1 amide bonds. The Morgan fingerprint density at radius 2 is 2.04 bits per heavy atom. The number of nitriles is 1. The molecular formula is C20H18N4O2. The summed E-state index contributed by atoms with van der Waals surface area (Å²) in [4.78, 5) is 16.8. The molecule has 0 aliphatic carbocycles. The molecule has 6 nitrogen and oxygen atoms in total. The van der Waals surface area contributed by atoms with E-state index in [9.17, 15) is 4.79 Å². The second-order valence-corrected chi connectivity index (χ2v) is 6.10. The molecular weight excluding hydrogens is 328 g/mol. The number of hydrogen-bond acceptors (Lipinski definition) is 5. The topological polar surface area (TPSA) is 91.8 Å². The van der Waals surface area contributed by atoms with E-state index in [0.717, 1.165) is 11.1 Å². The standard InChI is InChI=1S/C20H18N4O2/c1-13-8-9-15(12-21)11-17(13)20(25)22-14(2)10-18-23-19(24-26-18)16-6-4-3-5-7-16/h3-9,11,14H,10H2,1-2H3,(H,22,25). The van der Waals surface area contributed by atoms with Gasteiger partial charge < -0.3 is 9.84 Å². The first-order valence-electron chi connectivity index (χ1n) is 8.26. The molecule has 6 heteroatoms. The second kappa shape index (κ2) is 7.62. The van der Waals surface area contributed by atoms with Crippen molar-refractivity contribution in [3.05, 3.63) is 71.1 Å². The summed E-state index contributed by atoms with van der Waals surface area (Å²) < 4.78 is 5.28. The lowest BCUT2D eigenvalue weighted by atomic mass is 10.0. The lowest BCUT2D eigenvalue weighted by Crippen LogP contribution is -2.34. The maximum Gasteiger partial charge on any atom is 0.251 e. The third-order valence-electron chi connectivity index (χ3n) is 3.97. The number of hydrogen-bond donors (Lipinski definition) is 1. The summed E-state index contributed by atoms with van der Waals surface area (Å²) in [5, 5.41) is 15.9. The van der Waals surface area contributed by atoms with Gasteiger partial charge in [0.05, 0.1) is 11.6 Å². The van der Waals surface area contributed by atoms with Crippen molar-refractivity contribution in [2.75, 3.05) is 0 Å². The number of carbonyl (C=O) groups excluding carboxylic acids is 1. The molecule has 2 aromatic carbocycles. The molecule has 1 atom stereocenters. The van der Waals surface area contributed by atoms with Gasteiger partial charge >= 0.3 is 0 Å². The number of rotatable bonds is 5. The molecule has 3 rings (SSSR count). The number of nitrogens with zero attached hydrogens (tertiary/aromatic N) is 3. The zero-order valence-electron chi connectivity index (χ0n) is 14.6. The first kappa shape index (κ1) is 17.4. The highest BCUT2D eigenvalue weighted by Gasteiger charge is 2.16. The Morgan fingerprint density at radius 1 is 1.27 bits per heavy atom. The summed E-state index contributed by atoms with van der Waals surface area (Å²) >= 11 is 0. The number of amides is 1. The molecule has 0 spiro atoms. The fourth-order valence-electron chi connectivity index (χ4n) is 2.59. The summed E-state index contributed by atoms with van der Waals surface area (Å²) in [6.45, 7) is 3.71. The summed E-state index contributed by atoms with van der Waals surface area (Å²) in [5.41, 5.74) is 2.64. The minimum absolute atomic E-state index is 0.197. The Morgan fingerprint density at radius 3 is 2.77 bits per heavy atom. The van der Waals surface area contributed by atoms with E-state index in [1.165, 1.54) is 0 Å². The number of aryl methyl sites for hydroxylation is 1. The van der Waals surface area contributed by atoms with Gasteiger partial charge in [0, 0.05) is 23.6 Å². The largest absolute Gasteiger partial charge is 0.349 e. The normalized spacial score (nSPS) is 11.6. The third-order valence-corrected chi connectivity index (χ3v) is 3.97. The predicted octanol–water partition coefficient (Wildman–Crippen LogP) is 3.28. The Bertz CT molecular complexity index is 957. The van der Waals surface area contributed by atoms with Gasteiger partial charge in [-0.25, -0.2) is 0 Å². The van der Waals surface area contributed by atoms with Gasteiger partial charge in [0.2, 0.25) is 11.7 Å². The molecule has 0 aliphatic rings. The monoisotopic (exact) mass is 346 g/mol. The number of aromatic nitrogens is 2. The van der Waals surface area contributed by atoms with Crippen LogP contribution in [0.5, 0.6) is 0 Å². The molecule has 0 saturated heterocycles. The van der Waals surface area contributed by atoms with Crippen LogP contribution in [0.3, 0.4) is 0 Å². The van der Waals surface area contributed by atoms with Gasteiger partial charge in [0.1, 0.15) is 0 Å². The zero-order valence-corrected chi connectivity index (χ0v) is 14.6. The maximum atomic E-state index is 12.5. The van der Waals surface area contributed by atoms with Crippen molar-refractivity contribution in [2.24, 2.45) is 0 Å². The first-order chi connectivity index (χ1) is 12.6. The van der Waals surface area contributed by atoms with Crippen LogP contribution in [0.15, 0.2) is 53.1 Å². The average Bonchev–Trinajstić information content (AvgIpc) is 3.11. The van der Waals surface area contributed by atoms with Crippen LogP contribution in [-0.2, 0) is 6.42 Å². The van der Waals surface area contributed by atoms with Crippen molar-refractivity contribution >= 4 is 5.91 Å². The van der Waals surface area contributed by atoms with Crippen LogP contribution in [0.1, 0.15) is 34.3 Å². The van der Waals surface area contributed by atoms with E-state index in [1.807, 2.05) is 50.2 Å². The molecule has 1 N–H and O–H groups in total. The maximum absolute atomic E-state index is 12.5. The molecule has 1 heterocycles. The van der Waals surface area contributed by atoms with Crippen molar-refractivity contribution in [1.82, 2.24) is 15.5 Å². The van der Waals surface area contributed by atoms with Crippen LogP contribution < -0.4 is 5.32 Å². The fraction of sp³-hybridized carbons (Fsp3) is 0.200. The smallest absolute Gasteiger partial charge is 0.251 e. The molecule has 3 aromatic rings. The Kier molecular flexibility index (Phi) is 5.09. The molecule has 0 bridgehead atoms. The van der Waals surface area contributed by atoms with Gasteiger partial charge in [-0.2, -0.15) is 10.2 Å². The first-order valence-corrected chi connectivity index (χ1v) is 8.26.